The van der Waals surface area contributed by atoms with Gasteiger partial charge in [-0.05, 0) is 65.8 Å². The zero-order chi connectivity index (χ0) is 24.7. The van der Waals surface area contributed by atoms with Crippen molar-refractivity contribution in [2.45, 2.75) is 44.6 Å². The highest BCUT2D eigenvalue weighted by Gasteiger charge is 2.15. The lowest BCUT2D eigenvalue weighted by molar-refractivity contribution is 0.284. The lowest BCUT2D eigenvalue weighted by Gasteiger charge is -2.22. The van der Waals surface area contributed by atoms with Crippen molar-refractivity contribution in [2.24, 2.45) is 4.99 Å². The van der Waals surface area contributed by atoms with Crippen LogP contribution in [-0.4, -0.2) is 18.3 Å². The van der Waals surface area contributed by atoms with Crippen LogP contribution in [0.25, 0.3) is 11.3 Å². The Hall–Kier alpha value is -2.96. The van der Waals surface area contributed by atoms with Crippen molar-refractivity contribution in [1.29, 1.82) is 0 Å². The van der Waals surface area contributed by atoms with Crippen LogP contribution >= 0.6 is 27.3 Å². The number of aromatic nitrogens is 1. The number of hydrogen-bond acceptors (Lipinski definition) is 5. The summed E-state index contributed by atoms with van der Waals surface area (Å²) in [5.41, 5.74) is 5.59. The summed E-state index contributed by atoms with van der Waals surface area (Å²) in [5, 5.41) is 2.80. The number of halogens is 1. The molecule has 4 aromatic rings. The van der Waals surface area contributed by atoms with Gasteiger partial charge in [-0.3, -0.25) is 0 Å². The lowest BCUT2D eigenvalue weighted by atomic mass is 9.84. The summed E-state index contributed by atoms with van der Waals surface area (Å²) >= 11 is 5.00. The van der Waals surface area contributed by atoms with Gasteiger partial charge in [0.05, 0.1) is 12.8 Å². The van der Waals surface area contributed by atoms with Gasteiger partial charge in [-0.25, -0.2) is 9.98 Å². The molecule has 3 aromatic carbocycles. The lowest BCUT2D eigenvalue weighted by Crippen LogP contribution is -2.04. The molecule has 0 amide bonds. The van der Waals surface area contributed by atoms with Gasteiger partial charge < -0.3 is 9.47 Å². The first-order valence-corrected chi connectivity index (χ1v) is 14.0. The first-order chi connectivity index (χ1) is 17.7. The molecule has 4 nitrogen and oxygen atoms in total. The second-order valence-electron chi connectivity index (χ2n) is 9.06. The molecule has 5 rings (SSSR count). The molecular weight excluding hydrogens is 532 g/mol. The maximum Gasteiger partial charge on any atom is 0.209 e. The first kappa shape index (κ1) is 24.7. The Morgan fingerprint density at radius 2 is 1.75 bits per heavy atom. The average molecular weight is 562 g/mol. The maximum atomic E-state index is 5.98. The Bertz CT molecular complexity index is 1310. The van der Waals surface area contributed by atoms with Crippen LogP contribution in [0.2, 0.25) is 0 Å². The van der Waals surface area contributed by atoms with E-state index in [4.69, 9.17) is 14.5 Å². The molecule has 36 heavy (non-hydrogen) atoms. The molecule has 0 unspecified atom stereocenters. The van der Waals surface area contributed by atoms with Crippen LogP contribution in [0.3, 0.4) is 0 Å². The van der Waals surface area contributed by atoms with E-state index in [2.05, 4.69) is 50.6 Å². The monoisotopic (exact) mass is 560 g/mol. The minimum absolute atomic E-state index is 0.473. The Morgan fingerprint density at radius 1 is 0.972 bits per heavy atom. The van der Waals surface area contributed by atoms with Crippen LogP contribution < -0.4 is 9.47 Å². The number of ether oxygens (including phenoxy) is 2. The zero-order valence-corrected chi connectivity index (χ0v) is 22.7. The number of nitrogens with zero attached hydrogens (tertiary/aromatic N) is 2. The molecule has 1 fully saturated rings. The predicted octanol–water partition coefficient (Wildman–Crippen LogP) is 8.96. The molecule has 1 heterocycles. The maximum absolute atomic E-state index is 5.98. The fourth-order valence-corrected chi connectivity index (χ4v) is 5.51. The summed E-state index contributed by atoms with van der Waals surface area (Å²) in [6, 6.07) is 22.9. The first-order valence-electron chi connectivity index (χ1n) is 12.3. The summed E-state index contributed by atoms with van der Waals surface area (Å²) < 4.78 is 12.6. The van der Waals surface area contributed by atoms with E-state index < -0.39 is 0 Å². The van der Waals surface area contributed by atoms with Crippen LogP contribution in [0.1, 0.15) is 54.7 Å². The van der Waals surface area contributed by atoms with Crippen LogP contribution in [0.5, 0.6) is 11.5 Å². The molecule has 6 heteroatoms. The Kier molecular flexibility index (Phi) is 8.14. The summed E-state index contributed by atoms with van der Waals surface area (Å²) in [6.45, 7) is 0.473. The molecule has 0 bridgehead atoms. The van der Waals surface area contributed by atoms with Crippen molar-refractivity contribution in [3.8, 4) is 22.8 Å². The van der Waals surface area contributed by atoms with Gasteiger partial charge in [-0.1, -0.05) is 71.6 Å². The van der Waals surface area contributed by atoms with E-state index in [0.29, 0.717) is 18.1 Å². The number of methoxy groups -OCH3 is 1. The van der Waals surface area contributed by atoms with E-state index in [0.717, 1.165) is 37.9 Å². The molecule has 0 spiro atoms. The molecule has 0 radical (unpaired) electrons. The smallest absolute Gasteiger partial charge is 0.209 e. The van der Waals surface area contributed by atoms with Crippen LogP contribution in [0.4, 0.5) is 5.13 Å². The minimum atomic E-state index is 0.473. The Balaban J connectivity index is 1.23. The third kappa shape index (κ3) is 6.23. The number of thiazole rings is 1. The van der Waals surface area contributed by atoms with Crippen LogP contribution in [0, 0.1) is 0 Å². The SMILES string of the molecule is COc1cc(C=Nc2nc(-c3ccc(C4CCCCC4)cc3)cs2)ccc1OCc1ccc(Br)cc1. The van der Waals surface area contributed by atoms with Crippen molar-refractivity contribution < 1.29 is 9.47 Å². The molecule has 1 saturated carbocycles. The van der Waals surface area contributed by atoms with Gasteiger partial charge >= 0.3 is 0 Å². The van der Waals surface area contributed by atoms with E-state index in [1.54, 1.807) is 18.4 Å². The molecule has 1 aliphatic rings. The predicted molar refractivity (Wildman–Crippen MR) is 152 cm³/mol. The van der Waals surface area contributed by atoms with Crippen molar-refractivity contribution >= 4 is 38.6 Å². The van der Waals surface area contributed by atoms with E-state index in [1.165, 1.54) is 37.7 Å². The number of aliphatic imine (C=N–C) groups is 1. The molecule has 0 atom stereocenters. The molecule has 0 saturated heterocycles. The quantitative estimate of drug-likeness (QED) is 0.202. The summed E-state index contributed by atoms with van der Waals surface area (Å²) in [4.78, 5) is 9.33. The van der Waals surface area contributed by atoms with Gasteiger partial charge in [0, 0.05) is 21.6 Å². The second-order valence-corrected chi connectivity index (χ2v) is 10.8. The molecule has 1 aromatic heterocycles. The van der Waals surface area contributed by atoms with Crippen molar-refractivity contribution in [1.82, 2.24) is 4.98 Å². The highest BCUT2D eigenvalue weighted by atomic mass is 79.9. The summed E-state index contributed by atoms with van der Waals surface area (Å²) in [6.07, 6.45) is 8.54. The topological polar surface area (TPSA) is 43.7 Å². The molecule has 1 aliphatic carbocycles. The van der Waals surface area contributed by atoms with Gasteiger partial charge in [-0.2, -0.15) is 0 Å². The Morgan fingerprint density at radius 3 is 2.50 bits per heavy atom. The minimum Gasteiger partial charge on any atom is -0.493 e. The highest BCUT2D eigenvalue weighted by Crippen LogP contribution is 2.34. The third-order valence-corrected chi connectivity index (χ3v) is 7.87. The van der Waals surface area contributed by atoms with Crippen LogP contribution in [0.15, 0.2) is 81.6 Å². The van der Waals surface area contributed by atoms with Gasteiger partial charge in [0.25, 0.3) is 0 Å². The van der Waals surface area contributed by atoms with Gasteiger partial charge in [0.2, 0.25) is 5.13 Å². The van der Waals surface area contributed by atoms with Crippen LogP contribution in [-0.2, 0) is 6.61 Å². The van der Waals surface area contributed by atoms with Crippen molar-refractivity contribution in [3.63, 3.8) is 0 Å². The number of rotatable bonds is 8. The molecule has 0 N–H and O–H groups in total. The average Bonchev–Trinajstić information content (AvgIpc) is 3.41. The fraction of sp³-hybridized carbons (Fsp3) is 0.267. The number of benzene rings is 3. The normalized spacial score (nSPS) is 14.3. The molecule has 184 valence electrons. The number of hydrogen-bond donors (Lipinski definition) is 0. The fourth-order valence-electron chi connectivity index (χ4n) is 4.57. The van der Waals surface area contributed by atoms with E-state index in [-0.39, 0.29) is 0 Å². The van der Waals surface area contributed by atoms with Gasteiger partial charge in [0.1, 0.15) is 6.61 Å². The van der Waals surface area contributed by atoms with E-state index in [1.807, 2.05) is 48.7 Å². The van der Waals surface area contributed by atoms with Gasteiger partial charge in [-0.15, -0.1) is 11.3 Å². The van der Waals surface area contributed by atoms with E-state index in [9.17, 15) is 0 Å². The third-order valence-electron chi connectivity index (χ3n) is 6.59. The molecule has 0 aliphatic heterocycles. The zero-order valence-electron chi connectivity index (χ0n) is 20.3. The summed E-state index contributed by atoms with van der Waals surface area (Å²) in [5.74, 6) is 2.10. The van der Waals surface area contributed by atoms with Crippen molar-refractivity contribution in [3.05, 3.63) is 93.3 Å². The standard InChI is InChI=1S/C30H29BrN2O2S/c1-34-29-17-22(9-16-28(29)35-19-21-7-14-26(31)15-8-21)18-32-30-33-27(20-36-30)25-12-10-24(11-13-25)23-5-3-2-4-6-23/h7-18,20,23H,2-6,19H2,1H3. The van der Waals surface area contributed by atoms with Crippen molar-refractivity contribution in [2.75, 3.05) is 7.11 Å². The second kappa shape index (κ2) is 11.8. The van der Waals surface area contributed by atoms with Gasteiger partial charge in [0.15, 0.2) is 11.5 Å². The van der Waals surface area contributed by atoms with E-state index >= 15 is 0 Å². The summed E-state index contributed by atoms with van der Waals surface area (Å²) in [7, 11) is 1.65. The molecular formula is C30H29BrN2O2S. The Labute approximate surface area is 225 Å². The highest BCUT2D eigenvalue weighted by molar-refractivity contribution is 9.10. The largest absolute Gasteiger partial charge is 0.493 e.